The molecule has 2 aromatic rings. The summed E-state index contributed by atoms with van der Waals surface area (Å²) < 4.78 is 38.2. The van der Waals surface area contributed by atoms with E-state index in [0.29, 0.717) is 4.70 Å². The quantitative estimate of drug-likeness (QED) is 0.736. The van der Waals surface area contributed by atoms with Crippen LogP contribution < -0.4 is 0 Å². The van der Waals surface area contributed by atoms with Gasteiger partial charge in [0.15, 0.2) is 5.69 Å². The second-order valence-electron chi connectivity index (χ2n) is 2.96. The third-order valence-corrected chi connectivity index (χ3v) is 2.97. The van der Waals surface area contributed by atoms with Gasteiger partial charge in [0.25, 0.3) is 5.24 Å². The van der Waals surface area contributed by atoms with Gasteiger partial charge in [0.1, 0.15) is 0 Å². The first-order valence-corrected chi connectivity index (χ1v) is 5.30. The van der Waals surface area contributed by atoms with Crippen LogP contribution in [0.1, 0.15) is 16.1 Å². The Morgan fingerprint density at radius 2 is 2.12 bits per heavy atom. The number of carbonyl (C=O) groups is 1. The fourth-order valence-electron chi connectivity index (χ4n) is 1.26. The Morgan fingerprint density at radius 1 is 1.44 bits per heavy atom. The Kier molecular flexibility index (Phi) is 2.63. The molecule has 0 fully saturated rings. The first-order chi connectivity index (χ1) is 7.39. The van der Waals surface area contributed by atoms with E-state index in [1.54, 1.807) is 5.38 Å². The average molecular weight is 266 g/mol. The Bertz CT molecular complexity index is 563. The average Bonchev–Trinajstić information content (AvgIpc) is 2.60. The lowest BCUT2D eigenvalue weighted by Crippen LogP contribution is -2.13. The van der Waals surface area contributed by atoms with Gasteiger partial charge in [0, 0.05) is 0 Å². The molecule has 0 saturated carbocycles. The number of rotatable bonds is 1. The number of nitrogens with zero attached hydrogens (tertiary/aromatic N) is 1. The minimum Gasteiger partial charge on any atom is -0.276 e. The van der Waals surface area contributed by atoms with E-state index in [9.17, 15) is 18.0 Å². The van der Waals surface area contributed by atoms with Gasteiger partial charge in [-0.25, -0.2) is 4.98 Å². The van der Waals surface area contributed by atoms with Gasteiger partial charge in [-0.05, 0) is 29.1 Å². The van der Waals surface area contributed by atoms with Crippen molar-refractivity contribution in [3.8, 4) is 0 Å². The first kappa shape index (κ1) is 11.3. The Balaban J connectivity index is 2.77. The highest BCUT2D eigenvalue weighted by atomic mass is 35.5. The van der Waals surface area contributed by atoms with E-state index in [-0.39, 0.29) is 5.52 Å². The fraction of sp³-hybridized carbons (Fsp3) is 0.111. The molecule has 0 amide bonds. The summed E-state index contributed by atoms with van der Waals surface area (Å²) >= 11 is 6.31. The first-order valence-electron chi connectivity index (χ1n) is 4.05. The summed E-state index contributed by atoms with van der Waals surface area (Å²) in [6.45, 7) is 0. The number of hydrogen-bond donors (Lipinski definition) is 0. The van der Waals surface area contributed by atoms with Crippen LogP contribution in [0.25, 0.3) is 10.2 Å². The molecule has 0 unspecified atom stereocenters. The summed E-state index contributed by atoms with van der Waals surface area (Å²) in [5.41, 5.74) is -1.64. The summed E-state index contributed by atoms with van der Waals surface area (Å²) in [5.74, 6) is 0. The smallest absolute Gasteiger partial charge is 0.276 e. The molecule has 0 spiro atoms. The molecule has 7 heteroatoms. The highest BCUT2D eigenvalue weighted by Gasteiger charge is 2.37. The second-order valence-corrected chi connectivity index (χ2v) is 4.25. The maximum atomic E-state index is 12.6. The van der Waals surface area contributed by atoms with Crippen LogP contribution in [-0.2, 0) is 6.18 Å². The molecule has 84 valence electrons. The van der Waals surface area contributed by atoms with Gasteiger partial charge in [-0.1, -0.05) is 0 Å². The number of fused-ring (bicyclic) bond motifs is 1. The molecular formula is C9H3ClF3NOS. The molecule has 2 heterocycles. The van der Waals surface area contributed by atoms with Crippen LogP contribution in [0.4, 0.5) is 13.2 Å². The maximum absolute atomic E-state index is 12.6. The lowest BCUT2D eigenvalue weighted by Gasteiger charge is -2.08. The van der Waals surface area contributed by atoms with E-state index in [4.69, 9.17) is 11.6 Å². The third kappa shape index (κ3) is 1.90. The third-order valence-electron chi connectivity index (χ3n) is 1.92. The molecule has 0 radical (unpaired) electrons. The van der Waals surface area contributed by atoms with E-state index in [1.807, 2.05) is 0 Å². The van der Waals surface area contributed by atoms with E-state index in [2.05, 4.69) is 4.98 Å². The summed E-state index contributed by atoms with van der Waals surface area (Å²) in [7, 11) is 0. The highest BCUT2D eigenvalue weighted by Crippen LogP contribution is 2.34. The number of alkyl halides is 3. The minimum atomic E-state index is -4.68. The van der Waals surface area contributed by atoms with E-state index >= 15 is 0 Å². The molecule has 0 aliphatic heterocycles. The van der Waals surface area contributed by atoms with Gasteiger partial charge < -0.3 is 0 Å². The van der Waals surface area contributed by atoms with Crippen molar-refractivity contribution >= 4 is 38.4 Å². The largest absolute Gasteiger partial charge is 0.434 e. The van der Waals surface area contributed by atoms with Crippen LogP contribution in [0.3, 0.4) is 0 Å². The van der Waals surface area contributed by atoms with Crippen molar-refractivity contribution in [1.29, 1.82) is 0 Å². The van der Waals surface area contributed by atoms with Crippen LogP contribution >= 0.6 is 22.9 Å². The van der Waals surface area contributed by atoms with Crippen molar-refractivity contribution in [1.82, 2.24) is 4.98 Å². The molecule has 16 heavy (non-hydrogen) atoms. The molecule has 0 atom stereocenters. The Hall–Kier alpha value is -1.14. The maximum Gasteiger partial charge on any atom is 0.434 e. The topological polar surface area (TPSA) is 30.0 Å². The summed E-state index contributed by atoms with van der Waals surface area (Å²) in [6, 6.07) is 2.57. The van der Waals surface area contributed by atoms with Gasteiger partial charge in [-0.3, -0.25) is 4.79 Å². The second kappa shape index (κ2) is 3.71. The summed E-state index contributed by atoms with van der Waals surface area (Å²) in [6.07, 6.45) is -4.68. The summed E-state index contributed by atoms with van der Waals surface area (Å²) in [5, 5.41) is 0.440. The minimum absolute atomic E-state index is 0.207. The predicted octanol–water partition coefficient (Wildman–Crippen LogP) is 3.69. The van der Waals surface area contributed by atoms with E-state index in [1.165, 1.54) is 17.4 Å². The molecule has 0 aromatic carbocycles. The SMILES string of the molecule is O=C(Cl)c1cc2sccc2nc1C(F)(F)F. The molecule has 2 nitrogen and oxygen atoms in total. The van der Waals surface area contributed by atoms with Crippen molar-refractivity contribution in [3.05, 3.63) is 28.8 Å². The van der Waals surface area contributed by atoms with Crippen LogP contribution in [0.15, 0.2) is 17.5 Å². The normalized spacial score (nSPS) is 12.0. The summed E-state index contributed by atoms with van der Waals surface area (Å²) in [4.78, 5) is 14.3. The van der Waals surface area contributed by atoms with Crippen molar-refractivity contribution in [2.75, 3.05) is 0 Å². The van der Waals surface area contributed by atoms with Crippen molar-refractivity contribution < 1.29 is 18.0 Å². The van der Waals surface area contributed by atoms with Crippen LogP contribution in [-0.4, -0.2) is 10.2 Å². The lowest BCUT2D eigenvalue weighted by atomic mass is 10.2. The van der Waals surface area contributed by atoms with Gasteiger partial charge in [0.2, 0.25) is 0 Å². The van der Waals surface area contributed by atoms with Crippen molar-refractivity contribution in [2.24, 2.45) is 0 Å². The number of carbonyl (C=O) groups excluding carboxylic acids is 1. The Morgan fingerprint density at radius 3 is 2.69 bits per heavy atom. The van der Waals surface area contributed by atoms with Crippen molar-refractivity contribution in [2.45, 2.75) is 6.18 Å². The molecular weight excluding hydrogens is 263 g/mol. The molecule has 0 saturated heterocycles. The number of hydrogen-bond acceptors (Lipinski definition) is 3. The molecule has 0 aliphatic rings. The fourth-order valence-corrected chi connectivity index (χ4v) is 2.17. The highest BCUT2D eigenvalue weighted by molar-refractivity contribution is 7.17. The van der Waals surface area contributed by atoms with Crippen LogP contribution in [0.5, 0.6) is 0 Å². The van der Waals surface area contributed by atoms with Crippen LogP contribution in [0.2, 0.25) is 0 Å². The van der Waals surface area contributed by atoms with Crippen molar-refractivity contribution in [3.63, 3.8) is 0 Å². The van der Waals surface area contributed by atoms with E-state index < -0.39 is 22.7 Å². The van der Waals surface area contributed by atoms with Gasteiger partial charge >= 0.3 is 6.18 Å². The number of thiophene rings is 1. The van der Waals surface area contributed by atoms with Gasteiger partial charge in [0.05, 0.1) is 15.8 Å². The van der Waals surface area contributed by atoms with Gasteiger partial charge in [-0.15, -0.1) is 11.3 Å². The standard InChI is InChI=1S/C9H3ClF3NOS/c10-8(15)4-3-6-5(1-2-16-6)14-7(4)9(11,12)13/h1-3H. The van der Waals surface area contributed by atoms with E-state index in [0.717, 1.165) is 6.07 Å². The predicted molar refractivity (Wildman–Crippen MR) is 54.8 cm³/mol. The zero-order valence-electron chi connectivity index (χ0n) is 7.51. The molecule has 2 rings (SSSR count). The zero-order chi connectivity index (χ0) is 11.9. The molecule has 0 bridgehead atoms. The number of aromatic nitrogens is 1. The molecule has 0 aliphatic carbocycles. The monoisotopic (exact) mass is 265 g/mol. The lowest BCUT2D eigenvalue weighted by molar-refractivity contribution is -0.141. The van der Waals surface area contributed by atoms with Gasteiger partial charge in [-0.2, -0.15) is 13.2 Å². The van der Waals surface area contributed by atoms with Crippen LogP contribution in [0, 0.1) is 0 Å². The Labute approximate surface area is 96.7 Å². The molecule has 2 aromatic heterocycles. The number of halogens is 4. The number of pyridine rings is 1. The zero-order valence-corrected chi connectivity index (χ0v) is 9.08. The molecule has 0 N–H and O–H groups in total.